The average molecular weight is 204 g/mol. The molecule has 1 atom stereocenters. The summed E-state index contributed by atoms with van der Waals surface area (Å²) in [5.41, 5.74) is 0.361. The highest BCUT2D eigenvalue weighted by Crippen LogP contribution is 2.15. The molecule has 0 aliphatic carbocycles. The molecule has 1 aromatic rings. The summed E-state index contributed by atoms with van der Waals surface area (Å²) in [6, 6.07) is 3.55. The molecular formula is C10H12N4O. The Morgan fingerprint density at radius 2 is 2.47 bits per heavy atom. The highest BCUT2D eigenvalue weighted by molar-refractivity contribution is 5.34. The number of aromatic nitrogens is 2. The van der Waals surface area contributed by atoms with E-state index in [9.17, 15) is 5.11 Å². The summed E-state index contributed by atoms with van der Waals surface area (Å²) in [4.78, 5) is 10.1. The lowest BCUT2D eigenvalue weighted by molar-refractivity contribution is 0.153. The maximum atomic E-state index is 9.51. The van der Waals surface area contributed by atoms with Gasteiger partial charge in [0.05, 0.1) is 6.10 Å². The van der Waals surface area contributed by atoms with Gasteiger partial charge in [-0.05, 0) is 18.9 Å². The van der Waals surface area contributed by atoms with E-state index in [1.807, 2.05) is 11.0 Å². The van der Waals surface area contributed by atoms with Crippen LogP contribution in [0.15, 0.2) is 12.3 Å². The van der Waals surface area contributed by atoms with Crippen LogP contribution in [0, 0.1) is 11.3 Å². The van der Waals surface area contributed by atoms with Crippen LogP contribution < -0.4 is 4.90 Å². The number of hydrogen-bond acceptors (Lipinski definition) is 5. The molecule has 0 bridgehead atoms. The van der Waals surface area contributed by atoms with Gasteiger partial charge in [-0.1, -0.05) is 0 Å². The second kappa shape index (κ2) is 4.24. The van der Waals surface area contributed by atoms with E-state index >= 15 is 0 Å². The van der Waals surface area contributed by atoms with Gasteiger partial charge in [-0.3, -0.25) is 0 Å². The van der Waals surface area contributed by atoms with E-state index in [0.29, 0.717) is 18.2 Å². The van der Waals surface area contributed by atoms with Crippen molar-refractivity contribution in [3.05, 3.63) is 18.0 Å². The Kier molecular flexibility index (Phi) is 2.79. The van der Waals surface area contributed by atoms with E-state index in [4.69, 9.17) is 5.26 Å². The zero-order valence-corrected chi connectivity index (χ0v) is 8.30. The first kappa shape index (κ1) is 9.87. The normalized spacial score (nSPS) is 21.1. The SMILES string of the molecule is N#Cc1ccnc(N2CCC[C@H](O)C2)n1. The summed E-state index contributed by atoms with van der Waals surface area (Å²) >= 11 is 0. The fraction of sp³-hybridized carbons (Fsp3) is 0.500. The highest BCUT2D eigenvalue weighted by atomic mass is 16.3. The van der Waals surface area contributed by atoms with Gasteiger partial charge in [0.2, 0.25) is 5.95 Å². The van der Waals surface area contributed by atoms with E-state index in [1.54, 1.807) is 12.3 Å². The first-order chi connectivity index (χ1) is 7.29. The minimum Gasteiger partial charge on any atom is -0.391 e. The number of hydrogen-bond donors (Lipinski definition) is 1. The molecule has 5 heteroatoms. The van der Waals surface area contributed by atoms with Crippen LogP contribution in [0.5, 0.6) is 0 Å². The van der Waals surface area contributed by atoms with Crippen molar-refractivity contribution in [2.45, 2.75) is 18.9 Å². The summed E-state index contributed by atoms with van der Waals surface area (Å²) < 4.78 is 0. The van der Waals surface area contributed by atoms with Crippen molar-refractivity contribution in [2.24, 2.45) is 0 Å². The molecule has 5 nitrogen and oxygen atoms in total. The number of nitrogens with zero attached hydrogens (tertiary/aromatic N) is 4. The van der Waals surface area contributed by atoms with Gasteiger partial charge in [-0.25, -0.2) is 9.97 Å². The highest BCUT2D eigenvalue weighted by Gasteiger charge is 2.19. The predicted octanol–water partition coefficient (Wildman–Crippen LogP) is 0.309. The van der Waals surface area contributed by atoms with Crippen molar-refractivity contribution in [3.63, 3.8) is 0 Å². The Bertz CT molecular complexity index is 387. The molecule has 1 aliphatic heterocycles. The van der Waals surface area contributed by atoms with Gasteiger partial charge in [-0.2, -0.15) is 5.26 Å². The van der Waals surface area contributed by atoms with Gasteiger partial charge in [-0.15, -0.1) is 0 Å². The third-order valence-corrected chi connectivity index (χ3v) is 2.44. The van der Waals surface area contributed by atoms with Crippen LogP contribution in [-0.4, -0.2) is 34.3 Å². The molecule has 0 amide bonds. The minimum absolute atomic E-state index is 0.312. The van der Waals surface area contributed by atoms with Crippen molar-refractivity contribution < 1.29 is 5.11 Å². The second-order valence-electron chi connectivity index (χ2n) is 3.60. The second-order valence-corrected chi connectivity index (χ2v) is 3.60. The number of nitriles is 1. The molecule has 1 aliphatic rings. The predicted molar refractivity (Wildman–Crippen MR) is 54.2 cm³/mol. The lowest BCUT2D eigenvalue weighted by Crippen LogP contribution is -2.39. The summed E-state index contributed by atoms with van der Waals surface area (Å²) in [7, 11) is 0. The van der Waals surface area contributed by atoms with Gasteiger partial charge in [0.25, 0.3) is 0 Å². The van der Waals surface area contributed by atoms with Gasteiger partial charge in [0, 0.05) is 19.3 Å². The molecule has 2 rings (SSSR count). The van der Waals surface area contributed by atoms with E-state index in [2.05, 4.69) is 9.97 Å². The number of rotatable bonds is 1. The molecule has 1 saturated heterocycles. The van der Waals surface area contributed by atoms with Crippen molar-refractivity contribution in [2.75, 3.05) is 18.0 Å². The van der Waals surface area contributed by atoms with Crippen LogP contribution in [0.1, 0.15) is 18.5 Å². The molecule has 1 N–H and O–H groups in total. The first-order valence-corrected chi connectivity index (χ1v) is 4.96. The Morgan fingerprint density at radius 3 is 3.20 bits per heavy atom. The average Bonchev–Trinajstić information content (AvgIpc) is 2.29. The van der Waals surface area contributed by atoms with Gasteiger partial charge >= 0.3 is 0 Å². The van der Waals surface area contributed by atoms with Crippen LogP contribution >= 0.6 is 0 Å². The van der Waals surface area contributed by atoms with E-state index in [0.717, 1.165) is 19.4 Å². The van der Waals surface area contributed by atoms with Gasteiger partial charge in [0.1, 0.15) is 11.8 Å². The summed E-state index contributed by atoms with van der Waals surface area (Å²) in [6.45, 7) is 1.39. The fourth-order valence-electron chi connectivity index (χ4n) is 1.70. The molecule has 1 fully saturated rings. The minimum atomic E-state index is -0.312. The van der Waals surface area contributed by atoms with Crippen LogP contribution in [0.3, 0.4) is 0 Å². The van der Waals surface area contributed by atoms with Crippen LogP contribution in [0.4, 0.5) is 5.95 Å². The zero-order valence-electron chi connectivity index (χ0n) is 8.30. The number of aliphatic hydroxyl groups excluding tert-OH is 1. The third kappa shape index (κ3) is 2.22. The number of β-amino-alcohol motifs (C(OH)–C–C–N with tert-alkyl or cyclic N) is 1. The number of aliphatic hydroxyl groups is 1. The Morgan fingerprint density at radius 1 is 1.60 bits per heavy atom. The fourth-order valence-corrected chi connectivity index (χ4v) is 1.70. The smallest absolute Gasteiger partial charge is 0.226 e. The van der Waals surface area contributed by atoms with E-state index in [-0.39, 0.29) is 6.10 Å². The monoisotopic (exact) mass is 204 g/mol. The van der Waals surface area contributed by atoms with Crippen molar-refractivity contribution in [1.82, 2.24) is 9.97 Å². The van der Waals surface area contributed by atoms with Crippen molar-refractivity contribution in [3.8, 4) is 6.07 Å². The number of piperidine rings is 1. The Balaban J connectivity index is 2.18. The molecule has 2 heterocycles. The number of anilines is 1. The Hall–Kier alpha value is -1.67. The van der Waals surface area contributed by atoms with Crippen molar-refractivity contribution >= 4 is 5.95 Å². The maximum Gasteiger partial charge on any atom is 0.226 e. The molecule has 0 saturated carbocycles. The lowest BCUT2D eigenvalue weighted by atomic mass is 10.1. The van der Waals surface area contributed by atoms with Gasteiger partial charge in [0.15, 0.2) is 0 Å². The van der Waals surface area contributed by atoms with Crippen LogP contribution in [0.2, 0.25) is 0 Å². The maximum absolute atomic E-state index is 9.51. The van der Waals surface area contributed by atoms with E-state index < -0.39 is 0 Å². The molecule has 0 aromatic carbocycles. The Labute approximate surface area is 88.0 Å². The quantitative estimate of drug-likeness (QED) is 0.712. The summed E-state index contributed by atoms with van der Waals surface area (Å²) in [5.74, 6) is 0.535. The van der Waals surface area contributed by atoms with Gasteiger partial charge < -0.3 is 10.0 Å². The largest absolute Gasteiger partial charge is 0.391 e. The first-order valence-electron chi connectivity index (χ1n) is 4.96. The van der Waals surface area contributed by atoms with Crippen molar-refractivity contribution in [1.29, 1.82) is 5.26 Å². The van der Waals surface area contributed by atoms with Crippen LogP contribution in [-0.2, 0) is 0 Å². The molecule has 0 unspecified atom stereocenters. The zero-order chi connectivity index (χ0) is 10.7. The van der Waals surface area contributed by atoms with E-state index in [1.165, 1.54) is 0 Å². The molecule has 0 radical (unpaired) electrons. The topological polar surface area (TPSA) is 73.0 Å². The molecule has 1 aromatic heterocycles. The lowest BCUT2D eigenvalue weighted by Gasteiger charge is -2.29. The summed E-state index contributed by atoms with van der Waals surface area (Å²) in [5, 5.41) is 18.2. The molecule has 0 spiro atoms. The summed E-state index contributed by atoms with van der Waals surface area (Å²) in [6.07, 6.45) is 3.02. The molecule has 78 valence electrons. The molecular weight excluding hydrogens is 192 g/mol. The molecule has 15 heavy (non-hydrogen) atoms. The van der Waals surface area contributed by atoms with Crippen LogP contribution in [0.25, 0.3) is 0 Å². The third-order valence-electron chi connectivity index (χ3n) is 2.44. The standard InChI is InChI=1S/C10H12N4O/c11-6-8-3-4-12-10(13-8)14-5-1-2-9(15)7-14/h3-4,9,15H,1-2,5,7H2/t9-/m0/s1.